The third-order valence-corrected chi connectivity index (χ3v) is 3.48. The highest BCUT2D eigenvalue weighted by Gasteiger charge is 2.07. The van der Waals surface area contributed by atoms with Crippen molar-refractivity contribution in [3.8, 4) is 0 Å². The summed E-state index contributed by atoms with van der Waals surface area (Å²) in [6.45, 7) is 0.628. The summed E-state index contributed by atoms with van der Waals surface area (Å²) in [7, 11) is 0. The lowest BCUT2D eigenvalue weighted by Crippen LogP contribution is -2.24. The number of hydrogen-bond acceptors (Lipinski definition) is 1. The Labute approximate surface area is 117 Å². The van der Waals surface area contributed by atoms with Gasteiger partial charge < -0.3 is 5.32 Å². The average Bonchev–Trinajstić information content (AvgIpc) is 2.32. The van der Waals surface area contributed by atoms with Crippen molar-refractivity contribution in [3.05, 3.63) is 34.1 Å². The first kappa shape index (κ1) is 14.6. The number of rotatable bonds is 6. The molecule has 1 amide bonds. The molecular formula is C12H14Br2FNO. The molecule has 0 unspecified atom stereocenters. The Bertz CT molecular complexity index is 385. The van der Waals surface area contributed by atoms with Crippen LogP contribution in [0.3, 0.4) is 0 Å². The maximum absolute atomic E-state index is 13.2. The molecule has 0 aliphatic heterocycles. The standard InChI is InChI=1S/C12H14Br2FNO/c13-6-2-1-3-7-16-12(17)9-4-5-10(14)11(15)8-9/h4-5,8H,1-3,6-7H2,(H,16,17). The van der Waals surface area contributed by atoms with Crippen LogP contribution < -0.4 is 5.32 Å². The lowest BCUT2D eigenvalue weighted by atomic mass is 10.2. The summed E-state index contributed by atoms with van der Waals surface area (Å²) in [5.41, 5.74) is 0.353. The zero-order chi connectivity index (χ0) is 12.7. The molecule has 0 aliphatic carbocycles. The second-order valence-corrected chi connectivity index (χ2v) is 5.28. The van der Waals surface area contributed by atoms with Gasteiger partial charge in [-0.25, -0.2) is 4.39 Å². The van der Waals surface area contributed by atoms with Crippen molar-refractivity contribution in [2.45, 2.75) is 19.3 Å². The lowest BCUT2D eigenvalue weighted by Gasteiger charge is -2.05. The number of nitrogens with one attached hydrogen (secondary N) is 1. The number of hydrogen-bond donors (Lipinski definition) is 1. The molecule has 94 valence electrons. The first-order valence-electron chi connectivity index (χ1n) is 5.44. The summed E-state index contributed by atoms with van der Waals surface area (Å²) < 4.78 is 13.6. The second kappa shape index (κ2) is 7.82. The van der Waals surface area contributed by atoms with Crippen molar-refractivity contribution in [1.29, 1.82) is 0 Å². The van der Waals surface area contributed by atoms with Crippen molar-refractivity contribution in [1.82, 2.24) is 5.32 Å². The van der Waals surface area contributed by atoms with E-state index in [9.17, 15) is 9.18 Å². The van der Waals surface area contributed by atoms with Gasteiger partial charge in [0.1, 0.15) is 5.82 Å². The van der Waals surface area contributed by atoms with E-state index in [0.29, 0.717) is 16.6 Å². The fourth-order valence-electron chi connectivity index (χ4n) is 1.34. The molecule has 0 aromatic heterocycles. The minimum atomic E-state index is -0.420. The highest BCUT2D eigenvalue weighted by atomic mass is 79.9. The van der Waals surface area contributed by atoms with E-state index in [4.69, 9.17) is 0 Å². The maximum Gasteiger partial charge on any atom is 0.251 e. The Morgan fingerprint density at radius 2 is 2.06 bits per heavy atom. The number of carbonyl (C=O) groups is 1. The number of benzene rings is 1. The average molecular weight is 367 g/mol. The van der Waals surface area contributed by atoms with E-state index < -0.39 is 5.82 Å². The van der Waals surface area contributed by atoms with Gasteiger partial charge in [0.2, 0.25) is 0 Å². The Balaban J connectivity index is 2.39. The van der Waals surface area contributed by atoms with Gasteiger partial charge in [0.05, 0.1) is 4.47 Å². The molecule has 1 aromatic carbocycles. The molecular weight excluding hydrogens is 353 g/mol. The quantitative estimate of drug-likeness (QED) is 0.600. The van der Waals surface area contributed by atoms with E-state index in [2.05, 4.69) is 37.2 Å². The minimum Gasteiger partial charge on any atom is -0.352 e. The number of carbonyl (C=O) groups excluding carboxylic acids is 1. The van der Waals surface area contributed by atoms with Gasteiger partial charge >= 0.3 is 0 Å². The third kappa shape index (κ3) is 5.17. The molecule has 0 radical (unpaired) electrons. The first-order chi connectivity index (χ1) is 8.15. The Morgan fingerprint density at radius 1 is 1.29 bits per heavy atom. The Kier molecular flexibility index (Phi) is 6.73. The molecule has 0 spiro atoms. The summed E-state index contributed by atoms with van der Waals surface area (Å²) in [5, 5.41) is 3.75. The van der Waals surface area contributed by atoms with Crippen molar-refractivity contribution >= 4 is 37.8 Å². The molecule has 2 nitrogen and oxygen atoms in total. The van der Waals surface area contributed by atoms with Crippen molar-refractivity contribution in [3.63, 3.8) is 0 Å². The minimum absolute atomic E-state index is 0.227. The van der Waals surface area contributed by atoms with Crippen molar-refractivity contribution in [2.24, 2.45) is 0 Å². The van der Waals surface area contributed by atoms with E-state index in [0.717, 1.165) is 24.6 Å². The van der Waals surface area contributed by atoms with Gasteiger partial charge in [0.25, 0.3) is 5.91 Å². The van der Waals surface area contributed by atoms with Gasteiger partial charge in [-0.3, -0.25) is 4.79 Å². The fourth-order valence-corrected chi connectivity index (χ4v) is 1.98. The maximum atomic E-state index is 13.2. The highest BCUT2D eigenvalue weighted by molar-refractivity contribution is 9.10. The van der Waals surface area contributed by atoms with Gasteiger partial charge in [0, 0.05) is 17.4 Å². The first-order valence-corrected chi connectivity index (χ1v) is 7.36. The Morgan fingerprint density at radius 3 is 2.71 bits per heavy atom. The van der Waals surface area contributed by atoms with E-state index in [1.54, 1.807) is 6.07 Å². The molecule has 17 heavy (non-hydrogen) atoms. The normalized spacial score (nSPS) is 10.3. The molecule has 0 saturated heterocycles. The highest BCUT2D eigenvalue weighted by Crippen LogP contribution is 2.16. The van der Waals surface area contributed by atoms with Crippen LogP contribution in [-0.4, -0.2) is 17.8 Å². The van der Waals surface area contributed by atoms with Crippen LogP contribution in [0.1, 0.15) is 29.6 Å². The largest absolute Gasteiger partial charge is 0.352 e. The van der Waals surface area contributed by atoms with E-state index >= 15 is 0 Å². The molecule has 0 heterocycles. The third-order valence-electron chi connectivity index (χ3n) is 2.28. The molecule has 1 N–H and O–H groups in total. The smallest absolute Gasteiger partial charge is 0.251 e. The summed E-state index contributed by atoms with van der Waals surface area (Å²) in [6.07, 6.45) is 3.11. The number of alkyl halides is 1. The molecule has 5 heteroatoms. The lowest BCUT2D eigenvalue weighted by molar-refractivity contribution is 0.0952. The number of unbranched alkanes of at least 4 members (excludes halogenated alkanes) is 2. The van der Waals surface area contributed by atoms with Gasteiger partial charge in [-0.2, -0.15) is 0 Å². The van der Waals surface area contributed by atoms with Gasteiger partial charge in [0.15, 0.2) is 0 Å². The van der Waals surface area contributed by atoms with Crippen LogP contribution in [0.25, 0.3) is 0 Å². The van der Waals surface area contributed by atoms with E-state index in [-0.39, 0.29) is 5.91 Å². The Hall–Kier alpha value is -0.420. The van der Waals surface area contributed by atoms with Gasteiger partial charge in [-0.05, 0) is 47.0 Å². The van der Waals surface area contributed by atoms with Gasteiger partial charge in [-0.15, -0.1) is 0 Å². The predicted molar refractivity (Wildman–Crippen MR) is 74.1 cm³/mol. The van der Waals surface area contributed by atoms with Crippen LogP contribution in [0.2, 0.25) is 0 Å². The molecule has 0 saturated carbocycles. The number of amides is 1. The van der Waals surface area contributed by atoms with Crippen molar-refractivity contribution in [2.75, 3.05) is 11.9 Å². The predicted octanol–water partition coefficient (Wildman–Crippen LogP) is 3.88. The molecule has 0 aliphatic rings. The number of halogens is 3. The van der Waals surface area contributed by atoms with E-state index in [1.807, 2.05) is 0 Å². The van der Waals surface area contributed by atoms with Crippen LogP contribution in [0, 0.1) is 5.82 Å². The zero-order valence-corrected chi connectivity index (χ0v) is 12.5. The van der Waals surface area contributed by atoms with Crippen molar-refractivity contribution < 1.29 is 9.18 Å². The SMILES string of the molecule is O=C(NCCCCCBr)c1ccc(Br)c(F)c1. The van der Waals surface area contributed by atoms with Crippen LogP contribution in [0.15, 0.2) is 22.7 Å². The molecule has 1 rings (SSSR count). The molecule has 0 atom stereocenters. The van der Waals surface area contributed by atoms with Crippen LogP contribution in [-0.2, 0) is 0 Å². The zero-order valence-electron chi connectivity index (χ0n) is 9.31. The summed E-state index contributed by atoms with van der Waals surface area (Å²) >= 11 is 6.40. The van der Waals surface area contributed by atoms with E-state index in [1.165, 1.54) is 12.1 Å². The second-order valence-electron chi connectivity index (χ2n) is 3.63. The summed E-state index contributed by atoms with van der Waals surface area (Å²) in [4.78, 5) is 11.6. The molecule has 0 bridgehead atoms. The van der Waals surface area contributed by atoms with Gasteiger partial charge in [-0.1, -0.05) is 22.4 Å². The fraction of sp³-hybridized carbons (Fsp3) is 0.417. The monoisotopic (exact) mass is 365 g/mol. The topological polar surface area (TPSA) is 29.1 Å². The molecule has 0 fully saturated rings. The van der Waals surface area contributed by atoms with Crippen LogP contribution in [0.4, 0.5) is 4.39 Å². The summed E-state index contributed by atoms with van der Waals surface area (Å²) in [5.74, 6) is -0.646. The van der Waals surface area contributed by atoms with Crippen LogP contribution in [0.5, 0.6) is 0 Å². The molecule has 1 aromatic rings. The summed E-state index contributed by atoms with van der Waals surface area (Å²) in [6, 6.07) is 4.37. The van der Waals surface area contributed by atoms with Crippen LogP contribution >= 0.6 is 31.9 Å².